The summed E-state index contributed by atoms with van der Waals surface area (Å²) in [6.07, 6.45) is 0.00197. The first kappa shape index (κ1) is 26.8. The molecule has 0 unspecified atom stereocenters. The van der Waals surface area contributed by atoms with Crippen molar-refractivity contribution in [2.45, 2.75) is 51.7 Å². The molecular weight excluding hydrogens is 475 g/mol. The molecule has 36 heavy (non-hydrogen) atoms. The maximum Gasteiger partial charge on any atom is 0.490 e. The largest absolute Gasteiger partial charge is 0.490 e. The molecule has 192 valence electrons. The van der Waals surface area contributed by atoms with E-state index in [9.17, 15) is 18.0 Å². The topological polar surface area (TPSA) is 93.3 Å². The van der Waals surface area contributed by atoms with Crippen LogP contribution in [0.3, 0.4) is 0 Å². The van der Waals surface area contributed by atoms with Crippen molar-refractivity contribution in [3.63, 3.8) is 0 Å². The summed E-state index contributed by atoms with van der Waals surface area (Å²) >= 11 is 0. The van der Waals surface area contributed by atoms with E-state index in [1.54, 1.807) is 11.6 Å². The highest BCUT2D eigenvalue weighted by Crippen LogP contribution is 2.23. The van der Waals surface area contributed by atoms with E-state index >= 15 is 0 Å². The van der Waals surface area contributed by atoms with Crippen LogP contribution in [0.25, 0.3) is 11.2 Å². The minimum atomic E-state index is -5.08. The third-order valence-corrected chi connectivity index (χ3v) is 5.83. The monoisotopic (exact) mass is 503 g/mol. The lowest BCUT2D eigenvalue weighted by molar-refractivity contribution is -0.192. The van der Waals surface area contributed by atoms with Gasteiger partial charge in [0.15, 0.2) is 11.2 Å². The Morgan fingerprint density at radius 1 is 1.08 bits per heavy atom. The summed E-state index contributed by atoms with van der Waals surface area (Å²) in [6.45, 7) is 4.20. The number of nitrogens with zero attached hydrogens (tertiary/aromatic N) is 5. The quantitative estimate of drug-likeness (QED) is 0.536. The molecule has 1 saturated heterocycles. The second-order valence-electron chi connectivity index (χ2n) is 8.33. The molecule has 8 nitrogen and oxygen atoms in total. The van der Waals surface area contributed by atoms with Gasteiger partial charge < -0.3 is 10.0 Å². The van der Waals surface area contributed by atoms with Crippen molar-refractivity contribution in [3.05, 3.63) is 52.1 Å². The van der Waals surface area contributed by atoms with Crippen molar-refractivity contribution >= 4 is 23.1 Å². The predicted octanol–water partition coefficient (Wildman–Crippen LogP) is 3.56. The average Bonchev–Trinajstić information content (AvgIpc) is 3.23. The Hall–Kier alpha value is -3.81. The van der Waals surface area contributed by atoms with Gasteiger partial charge in [-0.25, -0.2) is 9.78 Å². The normalized spacial score (nSPS) is 13.5. The highest BCUT2D eigenvalue weighted by Gasteiger charge is 2.38. The van der Waals surface area contributed by atoms with E-state index < -0.39 is 12.1 Å². The van der Waals surface area contributed by atoms with Crippen molar-refractivity contribution in [1.82, 2.24) is 19.1 Å². The lowest BCUT2D eigenvalue weighted by Gasteiger charge is -2.27. The molecule has 3 aromatic rings. The molecule has 1 aromatic carbocycles. The Kier molecular flexibility index (Phi) is 8.74. The second-order valence-corrected chi connectivity index (χ2v) is 8.33. The number of aliphatic carboxylic acids is 1. The third kappa shape index (κ3) is 6.44. The number of anilines is 1. The van der Waals surface area contributed by atoms with Crippen molar-refractivity contribution in [1.29, 1.82) is 0 Å². The van der Waals surface area contributed by atoms with Gasteiger partial charge in [-0.1, -0.05) is 36.3 Å². The van der Waals surface area contributed by atoms with Crippen LogP contribution < -0.4 is 10.5 Å². The second kappa shape index (κ2) is 11.7. The SMILES string of the molecule is CC#CCn1c(N2CCCCC2)nc2nc(CCc3ccccc3)n(C)c(=O)c21.O=C(O)C(F)(F)F. The highest BCUT2D eigenvalue weighted by atomic mass is 19.4. The van der Waals surface area contributed by atoms with Gasteiger partial charge in [0.2, 0.25) is 5.95 Å². The van der Waals surface area contributed by atoms with Gasteiger partial charge >= 0.3 is 12.1 Å². The first-order valence-corrected chi connectivity index (χ1v) is 11.6. The summed E-state index contributed by atoms with van der Waals surface area (Å²) in [5, 5.41) is 7.12. The van der Waals surface area contributed by atoms with Gasteiger partial charge in [-0.05, 0) is 38.2 Å². The highest BCUT2D eigenvalue weighted by molar-refractivity contribution is 5.74. The summed E-state index contributed by atoms with van der Waals surface area (Å²) in [7, 11) is 1.80. The van der Waals surface area contributed by atoms with Gasteiger partial charge in [-0.3, -0.25) is 13.9 Å². The van der Waals surface area contributed by atoms with Gasteiger partial charge in [0.1, 0.15) is 5.82 Å². The number of carbonyl (C=O) groups is 1. The van der Waals surface area contributed by atoms with E-state index in [2.05, 4.69) is 28.9 Å². The van der Waals surface area contributed by atoms with Crippen molar-refractivity contribution < 1.29 is 23.1 Å². The van der Waals surface area contributed by atoms with Gasteiger partial charge in [-0.2, -0.15) is 18.2 Å². The summed E-state index contributed by atoms with van der Waals surface area (Å²) in [4.78, 5) is 34.0. The molecule has 0 aliphatic carbocycles. The van der Waals surface area contributed by atoms with Crippen LogP contribution in [0.5, 0.6) is 0 Å². The molecule has 0 radical (unpaired) electrons. The molecule has 0 amide bonds. The first-order valence-electron chi connectivity index (χ1n) is 11.6. The molecule has 1 fully saturated rings. The van der Waals surface area contributed by atoms with E-state index in [-0.39, 0.29) is 5.56 Å². The number of carboxylic acid groups (broad SMARTS) is 1. The molecule has 11 heteroatoms. The van der Waals surface area contributed by atoms with Gasteiger partial charge in [0, 0.05) is 26.6 Å². The zero-order valence-corrected chi connectivity index (χ0v) is 20.2. The number of halogens is 3. The maximum absolute atomic E-state index is 13.2. The summed E-state index contributed by atoms with van der Waals surface area (Å²) in [5.74, 6) is 4.87. The minimum Gasteiger partial charge on any atom is -0.475 e. The number of aryl methyl sites for hydroxylation is 2. The third-order valence-electron chi connectivity index (χ3n) is 5.83. The number of fused-ring (bicyclic) bond motifs is 1. The van der Waals surface area contributed by atoms with Crippen LogP contribution in [-0.4, -0.2) is 49.4 Å². The van der Waals surface area contributed by atoms with E-state index in [1.807, 2.05) is 29.7 Å². The molecule has 1 N–H and O–H groups in total. The molecule has 4 rings (SSSR count). The number of rotatable bonds is 5. The molecule has 1 aliphatic heterocycles. The molecule has 3 heterocycles. The van der Waals surface area contributed by atoms with Gasteiger partial charge in [0.25, 0.3) is 5.56 Å². The van der Waals surface area contributed by atoms with Crippen LogP contribution in [0, 0.1) is 11.8 Å². The first-order chi connectivity index (χ1) is 17.1. The zero-order chi connectivity index (χ0) is 26.3. The predicted molar refractivity (Wildman–Crippen MR) is 130 cm³/mol. The van der Waals surface area contributed by atoms with Crippen LogP contribution in [0.15, 0.2) is 35.1 Å². The van der Waals surface area contributed by atoms with Crippen LogP contribution in [-0.2, 0) is 31.2 Å². The van der Waals surface area contributed by atoms with Crippen molar-refractivity contribution in [2.24, 2.45) is 7.05 Å². The van der Waals surface area contributed by atoms with E-state index in [0.717, 1.165) is 44.1 Å². The Balaban J connectivity index is 0.000000454. The number of hydrogen-bond donors (Lipinski definition) is 1. The van der Waals surface area contributed by atoms with Crippen LogP contribution in [0.2, 0.25) is 0 Å². The number of aromatic nitrogens is 4. The van der Waals surface area contributed by atoms with Crippen LogP contribution in [0.4, 0.5) is 19.1 Å². The fraction of sp³-hybridized carbons (Fsp3) is 0.440. The smallest absolute Gasteiger partial charge is 0.475 e. The molecule has 1 aliphatic rings. The van der Waals surface area contributed by atoms with Crippen molar-refractivity contribution in [3.8, 4) is 11.8 Å². The zero-order valence-electron chi connectivity index (χ0n) is 20.2. The van der Waals surface area contributed by atoms with Crippen LogP contribution >= 0.6 is 0 Å². The lowest BCUT2D eigenvalue weighted by Crippen LogP contribution is -2.32. The number of hydrogen-bond acceptors (Lipinski definition) is 5. The molecule has 0 saturated carbocycles. The Morgan fingerprint density at radius 2 is 1.72 bits per heavy atom. The lowest BCUT2D eigenvalue weighted by atomic mass is 10.1. The van der Waals surface area contributed by atoms with E-state index in [0.29, 0.717) is 24.1 Å². The van der Waals surface area contributed by atoms with E-state index in [4.69, 9.17) is 19.9 Å². The molecule has 2 aromatic heterocycles. The number of benzene rings is 1. The van der Waals surface area contributed by atoms with Gasteiger partial charge in [-0.15, -0.1) is 5.92 Å². The summed E-state index contributed by atoms with van der Waals surface area (Å²) < 4.78 is 35.4. The molecule has 0 atom stereocenters. The number of alkyl halides is 3. The fourth-order valence-corrected chi connectivity index (χ4v) is 3.96. The molecule has 0 bridgehead atoms. The average molecular weight is 504 g/mol. The Morgan fingerprint density at radius 3 is 2.31 bits per heavy atom. The van der Waals surface area contributed by atoms with Gasteiger partial charge in [0.05, 0.1) is 6.54 Å². The Bertz CT molecular complexity index is 1310. The fourth-order valence-electron chi connectivity index (χ4n) is 3.96. The molecular formula is C25H28F3N5O3. The summed E-state index contributed by atoms with van der Waals surface area (Å²) in [5.41, 5.74) is 2.28. The van der Waals surface area contributed by atoms with Crippen LogP contribution in [0.1, 0.15) is 37.6 Å². The molecule has 0 spiro atoms. The standard InChI is InChI=1S/C23H27N5O.C2HF3O2/c1-3-4-17-28-20-21(25-23(28)27-15-9-6-10-16-27)24-19(26(2)22(20)29)14-13-18-11-7-5-8-12-18;3-2(4,5)1(6)7/h5,7-8,11-12H,6,9-10,13-17H2,1-2H3;(H,6,7). The summed E-state index contributed by atoms with van der Waals surface area (Å²) in [6, 6.07) is 10.3. The maximum atomic E-state index is 13.2. The van der Waals surface area contributed by atoms with Crippen molar-refractivity contribution in [2.75, 3.05) is 18.0 Å². The minimum absolute atomic E-state index is 0.0493. The number of carboxylic acids is 1. The number of piperidine rings is 1. The number of imidazole rings is 1. The van der Waals surface area contributed by atoms with E-state index in [1.165, 1.54) is 12.0 Å². The Labute approximate surface area is 206 Å².